The standard InChI is InChI=1S/C14H17ClFNO4S/c1-2-21-14(18)12-5-3-4-8-17(12)22(19,20)13-7-6-10(16)9-11(13)15/h6-7,9,12H,2-5,8H2,1H3/t12-/m1/s1. The lowest BCUT2D eigenvalue weighted by molar-refractivity contribution is -0.148. The van der Waals surface area contributed by atoms with Crippen molar-refractivity contribution in [2.45, 2.75) is 37.1 Å². The van der Waals surface area contributed by atoms with Gasteiger partial charge in [0.2, 0.25) is 10.0 Å². The van der Waals surface area contributed by atoms with Gasteiger partial charge in [-0.15, -0.1) is 0 Å². The average molecular weight is 350 g/mol. The minimum Gasteiger partial charge on any atom is -0.465 e. The highest BCUT2D eigenvalue weighted by molar-refractivity contribution is 7.89. The van der Waals surface area contributed by atoms with Gasteiger partial charge < -0.3 is 4.74 Å². The lowest BCUT2D eigenvalue weighted by atomic mass is 10.1. The van der Waals surface area contributed by atoms with E-state index in [4.69, 9.17) is 16.3 Å². The second kappa shape index (κ2) is 6.93. The number of hydrogen-bond acceptors (Lipinski definition) is 4. The highest BCUT2D eigenvalue weighted by Gasteiger charge is 2.39. The van der Waals surface area contributed by atoms with E-state index in [1.807, 2.05) is 0 Å². The van der Waals surface area contributed by atoms with Crippen LogP contribution in [-0.4, -0.2) is 37.9 Å². The molecule has 1 aromatic carbocycles. The Morgan fingerprint density at radius 2 is 2.18 bits per heavy atom. The molecule has 0 unspecified atom stereocenters. The first-order chi connectivity index (χ1) is 10.4. The van der Waals surface area contributed by atoms with Gasteiger partial charge in [-0.1, -0.05) is 11.6 Å². The summed E-state index contributed by atoms with van der Waals surface area (Å²) in [6.07, 6.45) is 1.79. The maximum absolute atomic E-state index is 13.1. The highest BCUT2D eigenvalue weighted by atomic mass is 35.5. The molecular weight excluding hydrogens is 333 g/mol. The Kier molecular flexibility index (Phi) is 5.41. The van der Waals surface area contributed by atoms with Crippen molar-refractivity contribution in [1.29, 1.82) is 0 Å². The van der Waals surface area contributed by atoms with Crippen LogP contribution in [0.25, 0.3) is 0 Å². The molecule has 5 nitrogen and oxygen atoms in total. The predicted octanol–water partition coefficient (Wildman–Crippen LogP) is 2.59. The fourth-order valence-corrected chi connectivity index (χ4v) is 4.63. The molecule has 2 rings (SSSR count). The molecule has 1 aromatic rings. The van der Waals surface area contributed by atoms with Gasteiger partial charge in [0.15, 0.2) is 0 Å². The Labute approximate surface area is 134 Å². The van der Waals surface area contributed by atoms with Crippen molar-refractivity contribution in [3.8, 4) is 0 Å². The van der Waals surface area contributed by atoms with Crippen molar-refractivity contribution in [2.24, 2.45) is 0 Å². The fourth-order valence-electron chi connectivity index (χ4n) is 2.48. The maximum atomic E-state index is 13.1. The first kappa shape index (κ1) is 17.2. The van der Waals surface area contributed by atoms with Gasteiger partial charge in [-0.2, -0.15) is 4.31 Å². The van der Waals surface area contributed by atoms with E-state index in [1.54, 1.807) is 6.92 Å². The van der Waals surface area contributed by atoms with Gasteiger partial charge in [0, 0.05) is 6.54 Å². The molecule has 122 valence electrons. The number of nitrogens with zero attached hydrogens (tertiary/aromatic N) is 1. The molecule has 0 bridgehead atoms. The Bertz CT molecular complexity index is 665. The molecule has 0 aromatic heterocycles. The van der Waals surface area contributed by atoms with E-state index in [0.29, 0.717) is 12.8 Å². The van der Waals surface area contributed by atoms with Crippen LogP contribution in [0.4, 0.5) is 4.39 Å². The molecule has 0 amide bonds. The fraction of sp³-hybridized carbons (Fsp3) is 0.500. The topological polar surface area (TPSA) is 63.7 Å². The van der Waals surface area contributed by atoms with Crippen LogP contribution in [0.5, 0.6) is 0 Å². The van der Waals surface area contributed by atoms with Crippen LogP contribution in [0.2, 0.25) is 5.02 Å². The molecule has 8 heteroatoms. The SMILES string of the molecule is CCOC(=O)[C@H]1CCCCN1S(=O)(=O)c1ccc(F)cc1Cl. The summed E-state index contributed by atoms with van der Waals surface area (Å²) >= 11 is 5.86. The Morgan fingerprint density at radius 1 is 1.45 bits per heavy atom. The summed E-state index contributed by atoms with van der Waals surface area (Å²) in [5.41, 5.74) is 0. The minimum atomic E-state index is -3.99. The van der Waals surface area contributed by atoms with E-state index in [0.717, 1.165) is 28.9 Å². The number of carbonyl (C=O) groups excluding carboxylic acids is 1. The van der Waals surface area contributed by atoms with E-state index in [1.165, 1.54) is 0 Å². The molecule has 1 atom stereocenters. The predicted molar refractivity (Wildman–Crippen MR) is 79.6 cm³/mol. The molecule has 0 saturated carbocycles. The third-order valence-electron chi connectivity index (χ3n) is 3.49. The van der Waals surface area contributed by atoms with Crippen LogP contribution < -0.4 is 0 Å². The lowest BCUT2D eigenvalue weighted by Crippen LogP contribution is -2.48. The van der Waals surface area contributed by atoms with Crippen molar-refractivity contribution in [3.63, 3.8) is 0 Å². The van der Waals surface area contributed by atoms with E-state index in [2.05, 4.69) is 0 Å². The molecular formula is C14H17ClFNO4S. The zero-order valence-corrected chi connectivity index (χ0v) is 13.7. The summed E-state index contributed by atoms with van der Waals surface area (Å²) in [5, 5.41) is -0.201. The Hall–Kier alpha value is -1.18. The second-order valence-electron chi connectivity index (χ2n) is 4.95. The van der Waals surface area contributed by atoms with Crippen molar-refractivity contribution in [2.75, 3.05) is 13.2 Å². The molecule has 1 aliphatic heterocycles. The van der Waals surface area contributed by atoms with E-state index in [-0.39, 0.29) is 23.1 Å². The van der Waals surface area contributed by atoms with Gasteiger partial charge in [-0.25, -0.2) is 12.8 Å². The maximum Gasteiger partial charge on any atom is 0.324 e. The molecule has 0 spiro atoms. The summed E-state index contributed by atoms with van der Waals surface area (Å²) < 4.78 is 44.7. The smallest absolute Gasteiger partial charge is 0.324 e. The third-order valence-corrected chi connectivity index (χ3v) is 5.88. The number of piperidine rings is 1. The van der Waals surface area contributed by atoms with E-state index in [9.17, 15) is 17.6 Å². The normalized spacial score (nSPS) is 19.9. The quantitative estimate of drug-likeness (QED) is 0.784. The van der Waals surface area contributed by atoms with Crippen molar-refractivity contribution in [1.82, 2.24) is 4.31 Å². The highest BCUT2D eigenvalue weighted by Crippen LogP contribution is 2.30. The first-order valence-electron chi connectivity index (χ1n) is 7.01. The van der Waals surface area contributed by atoms with Crippen molar-refractivity contribution >= 4 is 27.6 Å². The lowest BCUT2D eigenvalue weighted by Gasteiger charge is -2.33. The molecule has 1 fully saturated rings. The summed E-state index contributed by atoms with van der Waals surface area (Å²) in [5.74, 6) is -1.19. The zero-order chi connectivity index (χ0) is 16.3. The monoisotopic (exact) mass is 349 g/mol. The van der Waals surface area contributed by atoms with Crippen molar-refractivity contribution in [3.05, 3.63) is 29.0 Å². The number of sulfonamides is 1. The molecule has 0 aliphatic carbocycles. The summed E-state index contributed by atoms with van der Waals surface area (Å²) in [7, 11) is -3.99. The molecule has 1 saturated heterocycles. The molecule has 1 aliphatic rings. The molecule has 0 radical (unpaired) electrons. The van der Waals surface area contributed by atoms with Crippen LogP contribution in [0.3, 0.4) is 0 Å². The Balaban J connectivity index is 2.38. The second-order valence-corrected chi connectivity index (χ2v) is 7.22. The number of rotatable bonds is 4. The van der Waals surface area contributed by atoms with E-state index < -0.39 is 27.9 Å². The molecule has 1 heterocycles. The van der Waals surface area contributed by atoms with Gasteiger partial charge >= 0.3 is 5.97 Å². The van der Waals surface area contributed by atoms with Crippen LogP contribution in [0, 0.1) is 5.82 Å². The number of esters is 1. The van der Waals surface area contributed by atoms with Gasteiger partial charge in [0.25, 0.3) is 0 Å². The van der Waals surface area contributed by atoms with Gasteiger partial charge in [0.1, 0.15) is 16.8 Å². The van der Waals surface area contributed by atoms with Crippen LogP contribution >= 0.6 is 11.6 Å². The number of halogens is 2. The molecule has 22 heavy (non-hydrogen) atoms. The largest absolute Gasteiger partial charge is 0.465 e. The summed E-state index contributed by atoms with van der Waals surface area (Å²) in [6, 6.07) is 2.23. The third kappa shape index (κ3) is 3.42. The first-order valence-corrected chi connectivity index (χ1v) is 8.83. The average Bonchev–Trinajstić information content (AvgIpc) is 2.47. The minimum absolute atomic E-state index is 0.181. The number of benzene rings is 1. The van der Waals surface area contributed by atoms with Crippen molar-refractivity contribution < 1.29 is 22.3 Å². The van der Waals surface area contributed by atoms with Crippen LogP contribution in [0.1, 0.15) is 26.2 Å². The van der Waals surface area contributed by atoms with Gasteiger partial charge in [-0.3, -0.25) is 4.79 Å². The van der Waals surface area contributed by atoms with Gasteiger partial charge in [-0.05, 0) is 44.4 Å². The molecule has 0 N–H and O–H groups in total. The van der Waals surface area contributed by atoms with Gasteiger partial charge in [0.05, 0.1) is 11.6 Å². The summed E-state index contributed by atoms with van der Waals surface area (Å²) in [4.78, 5) is 11.8. The summed E-state index contributed by atoms with van der Waals surface area (Å²) in [6.45, 7) is 2.05. The number of hydrogen-bond donors (Lipinski definition) is 0. The van der Waals surface area contributed by atoms with E-state index >= 15 is 0 Å². The van der Waals surface area contributed by atoms with Crippen LogP contribution in [-0.2, 0) is 19.6 Å². The number of carbonyl (C=O) groups is 1. The van der Waals surface area contributed by atoms with Crippen LogP contribution in [0.15, 0.2) is 23.1 Å². The Morgan fingerprint density at radius 3 is 2.82 bits per heavy atom. The zero-order valence-electron chi connectivity index (χ0n) is 12.1. The number of ether oxygens (including phenoxy) is 1.